The third-order valence-corrected chi connectivity index (χ3v) is 7.37. The van der Waals surface area contributed by atoms with Gasteiger partial charge in [0.25, 0.3) is 0 Å². The number of halogens is 7. The number of nitrogens with zero attached hydrogens (tertiary/aromatic N) is 2. The summed E-state index contributed by atoms with van der Waals surface area (Å²) in [6, 6.07) is 10.0. The third kappa shape index (κ3) is 5.60. The molecule has 3 aromatic rings. The van der Waals surface area contributed by atoms with Crippen LogP contribution in [0, 0.1) is 5.82 Å². The van der Waals surface area contributed by atoms with Gasteiger partial charge in [0.05, 0.1) is 23.3 Å². The Morgan fingerprint density at radius 1 is 0.925 bits per heavy atom. The molecule has 2 aliphatic rings. The van der Waals surface area contributed by atoms with E-state index in [2.05, 4.69) is 4.98 Å². The largest absolute Gasteiger partial charge is 0.416 e. The van der Waals surface area contributed by atoms with E-state index in [1.165, 1.54) is 25.1 Å². The normalized spacial score (nSPS) is 22.2. The predicted octanol–water partition coefficient (Wildman–Crippen LogP) is 7.19. The lowest BCUT2D eigenvalue weighted by Crippen LogP contribution is -2.39. The predicted molar refractivity (Wildman–Crippen MR) is 131 cm³/mol. The fourth-order valence-corrected chi connectivity index (χ4v) is 5.46. The van der Waals surface area contributed by atoms with Crippen LogP contribution in [-0.4, -0.2) is 34.5 Å². The van der Waals surface area contributed by atoms with Gasteiger partial charge in [-0.3, -0.25) is 9.78 Å². The number of hydrogen-bond acceptors (Lipinski definition) is 3. The molecule has 0 saturated carbocycles. The van der Waals surface area contributed by atoms with E-state index < -0.39 is 53.5 Å². The summed E-state index contributed by atoms with van der Waals surface area (Å²) in [5.41, 5.74) is -0.993. The maximum absolute atomic E-state index is 13.8. The summed E-state index contributed by atoms with van der Waals surface area (Å²) in [6.45, 7) is 1.43. The first-order valence-corrected chi connectivity index (χ1v) is 12.4. The summed E-state index contributed by atoms with van der Waals surface area (Å²) >= 11 is 0. The van der Waals surface area contributed by atoms with Crippen molar-refractivity contribution >= 4 is 11.5 Å². The van der Waals surface area contributed by atoms with Crippen molar-refractivity contribution in [2.75, 3.05) is 6.54 Å². The van der Waals surface area contributed by atoms with E-state index in [-0.39, 0.29) is 24.1 Å². The molecular formula is C29H23F7N2O2. The van der Waals surface area contributed by atoms with Crippen molar-refractivity contribution in [3.63, 3.8) is 0 Å². The Bertz CT molecular complexity index is 1390. The lowest BCUT2D eigenvalue weighted by Gasteiger charge is -2.33. The van der Waals surface area contributed by atoms with Crippen LogP contribution < -0.4 is 0 Å². The molecule has 0 radical (unpaired) electrons. The average Bonchev–Trinajstić information content (AvgIpc) is 3.26. The lowest BCUT2D eigenvalue weighted by molar-refractivity contribution is -0.143. The molecule has 4 nitrogen and oxygen atoms in total. The van der Waals surface area contributed by atoms with Crippen LogP contribution >= 0.6 is 0 Å². The fraction of sp³-hybridized carbons (Fsp3) is 0.310. The van der Waals surface area contributed by atoms with Crippen LogP contribution in [0.15, 0.2) is 73.1 Å². The van der Waals surface area contributed by atoms with Gasteiger partial charge in [0.15, 0.2) is 0 Å². The number of ether oxygens (including phenoxy) is 1. The minimum atomic E-state index is -5.00. The molecule has 0 N–H and O–H groups in total. The van der Waals surface area contributed by atoms with E-state index in [4.69, 9.17) is 4.74 Å². The quantitative estimate of drug-likeness (QED) is 0.308. The maximum Gasteiger partial charge on any atom is 0.416 e. The summed E-state index contributed by atoms with van der Waals surface area (Å²) in [5, 5.41) is 0. The number of benzene rings is 2. The van der Waals surface area contributed by atoms with Gasteiger partial charge in [0.1, 0.15) is 5.82 Å². The molecule has 0 aliphatic carbocycles. The molecule has 5 rings (SSSR count). The Hall–Kier alpha value is -3.73. The second-order valence-corrected chi connectivity index (χ2v) is 9.90. The zero-order valence-corrected chi connectivity index (χ0v) is 21.0. The Morgan fingerprint density at radius 2 is 1.52 bits per heavy atom. The van der Waals surface area contributed by atoms with E-state index in [1.54, 1.807) is 41.6 Å². The molecule has 40 heavy (non-hydrogen) atoms. The van der Waals surface area contributed by atoms with Crippen LogP contribution in [0.1, 0.15) is 53.2 Å². The minimum absolute atomic E-state index is 0.0566. The summed E-state index contributed by atoms with van der Waals surface area (Å²) in [7, 11) is 0. The van der Waals surface area contributed by atoms with Gasteiger partial charge < -0.3 is 9.64 Å². The highest BCUT2D eigenvalue weighted by Crippen LogP contribution is 2.45. The van der Waals surface area contributed by atoms with Gasteiger partial charge in [-0.2, -0.15) is 26.3 Å². The third-order valence-electron chi connectivity index (χ3n) is 7.37. The van der Waals surface area contributed by atoms with Gasteiger partial charge in [-0.1, -0.05) is 12.1 Å². The number of carbonyl (C=O) groups excluding carboxylic acids is 1. The minimum Gasteiger partial charge on any atom is -0.368 e. The van der Waals surface area contributed by atoms with E-state index in [1.807, 2.05) is 0 Å². The highest BCUT2D eigenvalue weighted by molar-refractivity contribution is 5.97. The van der Waals surface area contributed by atoms with Crippen LogP contribution in [-0.2, 0) is 21.9 Å². The highest BCUT2D eigenvalue weighted by atomic mass is 19.4. The van der Waals surface area contributed by atoms with Crippen molar-refractivity contribution in [1.82, 2.24) is 9.88 Å². The first kappa shape index (κ1) is 27.8. The molecule has 2 unspecified atom stereocenters. The van der Waals surface area contributed by atoms with Crippen LogP contribution in [0.4, 0.5) is 30.7 Å². The van der Waals surface area contributed by atoms with Gasteiger partial charge >= 0.3 is 12.4 Å². The number of hydrogen-bond donors (Lipinski definition) is 0. The summed E-state index contributed by atoms with van der Waals surface area (Å²) in [6.07, 6.45) is -6.86. The average molecular weight is 565 g/mol. The number of pyridine rings is 1. The number of aromatic nitrogens is 1. The first-order valence-electron chi connectivity index (χ1n) is 12.4. The molecule has 210 valence electrons. The molecule has 0 bridgehead atoms. The van der Waals surface area contributed by atoms with Crippen LogP contribution in [0.5, 0.6) is 0 Å². The molecule has 11 heteroatoms. The SMILES string of the molecule is C[C@@H](O[C@H]1CN2C(=O)C=C(c3ccncc3)CC2C1c1ccc(F)cc1)c1cc(C(F)(F)F)cc(C(F)(F)F)c1. The molecule has 3 heterocycles. The van der Waals surface area contributed by atoms with Gasteiger partial charge in [-0.25, -0.2) is 4.39 Å². The summed E-state index contributed by atoms with van der Waals surface area (Å²) in [4.78, 5) is 18.8. The zero-order valence-electron chi connectivity index (χ0n) is 21.0. The van der Waals surface area contributed by atoms with E-state index in [0.29, 0.717) is 24.1 Å². The lowest BCUT2D eigenvalue weighted by atomic mass is 9.83. The highest BCUT2D eigenvalue weighted by Gasteiger charge is 2.48. The summed E-state index contributed by atoms with van der Waals surface area (Å²) < 4.78 is 101. The van der Waals surface area contributed by atoms with Crippen molar-refractivity contribution in [3.8, 4) is 0 Å². The molecule has 1 fully saturated rings. The smallest absolute Gasteiger partial charge is 0.368 e. The molecule has 1 aromatic heterocycles. The second-order valence-electron chi connectivity index (χ2n) is 9.90. The van der Waals surface area contributed by atoms with Gasteiger partial charge in [0.2, 0.25) is 5.91 Å². The topological polar surface area (TPSA) is 42.4 Å². The fourth-order valence-electron chi connectivity index (χ4n) is 5.46. The standard InChI is InChI=1S/C29H23F7N2O2/c1-16(19-10-21(28(31,32)33)14-22(11-19)29(34,35)36)40-25-15-38-24(27(25)18-2-4-23(30)5-3-18)12-20(13-26(38)39)17-6-8-37-9-7-17/h2-11,13-14,16,24-25,27H,12,15H2,1H3/t16-,24?,25+,27?/m1/s1. The van der Waals surface area contributed by atoms with E-state index >= 15 is 0 Å². The molecular weight excluding hydrogens is 541 g/mol. The molecule has 2 aromatic carbocycles. The molecule has 0 spiro atoms. The number of amides is 1. The molecule has 4 atom stereocenters. The van der Waals surface area contributed by atoms with Gasteiger partial charge in [0, 0.05) is 37.0 Å². The van der Waals surface area contributed by atoms with Gasteiger partial charge in [-0.05, 0) is 78.1 Å². The number of carbonyl (C=O) groups is 1. The zero-order chi connectivity index (χ0) is 28.8. The van der Waals surface area contributed by atoms with Crippen molar-refractivity contribution in [2.24, 2.45) is 0 Å². The molecule has 2 aliphatic heterocycles. The number of fused-ring (bicyclic) bond motifs is 1. The van der Waals surface area contributed by atoms with Crippen molar-refractivity contribution in [1.29, 1.82) is 0 Å². The molecule has 1 saturated heterocycles. The molecule has 1 amide bonds. The second kappa shape index (κ2) is 10.3. The van der Waals surface area contributed by atoms with Crippen molar-refractivity contribution < 1.29 is 40.3 Å². The van der Waals surface area contributed by atoms with Crippen molar-refractivity contribution in [3.05, 3.63) is 107 Å². The van der Waals surface area contributed by atoms with E-state index in [0.717, 1.165) is 11.1 Å². The Morgan fingerprint density at radius 3 is 2.10 bits per heavy atom. The number of alkyl halides is 6. The van der Waals surface area contributed by atoms with Crippen molar-refractivity contribution in [2.45, 2.75) is 49.9 Å². The maximum atomic E-state index is 13.8. The van der Waals surface area contributed by atoms with Crippen LogP contribution in [0.2, 0.25) is 0 Å². The Balaban J connectivity index is 1.49. The van der Waals surface area contributed by atoms with Crippen LogP contribution in [0.25, 0.3) is 5.57 Å². The summed E-state index contributed by atoms with van der Waals surface area (Å²) in [5.74, 6) is -1.30. The van der Waals surface area contributed by atoms with Crippen LogP contribution in [0.3, 0.4) is 0 Å². The Labute approximate surface area is 225 Å². The Kier molecular flexibility index (Phi) is 7.20. The van der Waals surface area contributed by atoms with Gasteiger partial charge in [-0.15, -0.1) is 0 Å². The monoisotopic (exact) mass is 564 g/mol. The number of rotatable bonds is 5. The van der Waals surface area contributed by atoms with E-state index in [9.17, 15) is 35.5 Å². The first-order chi connectivity index (χ1) is 18.8.